The summed E-state index contributed by atoms with van der Waals surface area (Å²) in [5.41, 5.74) is 7.75. The van der Waals surface area contributed by atoms with Crippen molar-refractivity contribution < 1.29 is 9.18 Å². The predicted octanol–water partition coefficient (Wildman–Crippen LogP) is 4.70. The summed E-state index contributed by atoms with van der Waals surface area (Å²) in [4.78, 5) is 12.2. The average Bonchev–Trinajstić information content (AvgIpc) is 3.07. The SMILES string of the molecule is Cc1c(/C=N/NC(=O)Cc2ccc(F)cc2)c2ccccc2n1Cc1ccccc1C#N. The van der Waals surface area contributed by atoms with Crippen LogP contribution in [0.5, 0.6) is 0 Å². The topological polar surface area (TPSA) is 70.2 Å². The highest BCUT2D eigenvalue weighted by atomic mass is 19.1. The van der Waals surface area contributed by atoms with Crippen LogP contribution in [0, 0.1) is 24.1 Å². The summed E-state index contributed by atoms with van der Waals surface area (Å²) in [6.45, 7) is 2.55. The summed E-state index contributed by atoms with van der Waals surface area (Å²) in [6.07, 6.45) is 1.76. The lowest BCUT2D eigenvalue weighted by Crippen LogP contribution is -2.19. The number of carbonyl (C=O) groups is 1. The first-order valence-corrected chi connectivity index (χ1v) is 10.2. The Bertz CT molecular complexity index is 1350. The number of aromatic nitrogens is 1. The number of carbonyl (C=O) groups excluding carboxylic acids is 1. The van der Waals surface area contributed by atoms with E-state index >= 15 is 0 Å². The number of hydrogen-bond donors (Lipinski definition) is 1. The lowest BCUT2D eigenvalue weighted by atomic mass is 10.1. The maximum absolute atomic E-state index is 13.0. The van der Waals surface area contributed by atoms with Crippen LogP contribution in [0.2, 0.25) is 0 Å². The van der Waals surface area contributed by atoms with Crippen LogP contribution in [0.4, 0.5) is 4.39 Å². The molecule has 1 aromatic heterocycles. The molecular weight excluding hydrogens is 403 g/mol. The van der Waals surface area contributed by atoms with E-state index in [0.29, 0.717) is 17.7 Å². The molecule has 0 fully saturated rings. The molecule has 1 heterocycles. The van der Waals surface area contributed by atoms with E-state index < -0.39 is 0 Å². The number of hydrazone groups is 1. The Morgan fingerprint density at radius 3 is 2.59 bits per heavy atom. The summed E-state index contributed by atoms with van der Waals surface area (Å²) in [6, 6.07) is 23.6. The molecule has 0 saturated heterocycles. The van der Waals surface area contributed by atoms with Gasteiger partial charge in [-0.3, -0.25) is 4.79 Å². The lowest BCUT2D eigenvalue weighted by molar-refractivity contribution is -0.120. The van der Waals surface area contributed by atoms with Crippen molar-refractivity contribution in [3.8, 4) is 6.07 Å². The summed E-state index contributed by atoms with van der Waals surface area (Å²) in [7, 11) is 0. The van der Waals surface area contributed by atoms with Crippen LogP contribution in [0.1, 0.15) is 27.9 Å². The van der Waals surface area contributed by atoms with E-state index in [1.54, 1.807) is 18.3 Å². The minimum atomic E-state index is -0.337. The van der Waals surface area contributed by atoms with Crippen LogP contribution in [0.25, 0.3) is 10.9 Å². The van der Waals surface area contributed by atoms with Crippen LogP contribution in [0.15, 0.2) is 77.9 Å². The lowest BCUT2D eigenvalue weighted by Gasteiger charge is -2.10. The number of nitriles is 1. The van der Waals surface area contributed by atoms with Gasteiger partial charge in [0.1, 0.15) is 5.82 Å². The molecule has 3 aromatic carbocycles. The molecule has 0 aliphatic heterocycles. The second-order valence-electron chi connectivity index (χ2n) is 7.47. The molecule has 0 radical (unpaired) electrons. The molecule has 5 nitrogen and oxygen atoms in total. The third-order valence-electron chi connectivity index (χ3n) is 5.41. The third-order valence-corrected chi connectivity index (χ3v) is 5.41. The van der Waals surface area contributed by atoms with Crippen molar-refractivity contribution in [3.05, 3.63) is 107 Å². The number of amides is 1. The van der Waals surface area contributed by atoms with Gasteiger partial charge in [0, 0.05) is 28.7 Å². The summed E-state index contributed by atoms with van der Waals surface area (Å²) < 4.78 is 15.2. The maximum atomic E-state index is 13.0. The first-order valence-electron chi connectivity index (χ1n) is 10.2. The van der Waals surface area contributed by atoms with Gasteiger partial charge < -0.3 is 4.57 Å². The fraction of sp³-hybridized carbons (Fsp3) is 0.115. The molecule has 0 unspecified atom stereocenters. The number of rotatable bonds is 6. The first kappa shape index (κ1) is 21.0. The molecule has 1 N–H and O–H groups in total. The summed E-state index contributed by atoms with van der Waals surface area (Å²) in [5, 5.41) is 14.6. The van der Waals surface area contributed by atoms with Gasteiger partial charge >= 0.3 is 0 Å². The second-order valence-corrected chi connectivity index (χ2v) is 7.47. The standard InChI is InChI=1S/C26H21FN4O/c1-18-24(16-29-30-26(32)14-19-10-12-22(27)13-11-19)23-8-4-5-9-25(23)31(18)17-21-7-3-2-6-20(21)15-28/h2-13,16H,14,17H2,1H3,(H,30,32)/b29-16+. The van der Waals surface area contributed by atoms with E-state index in [9.17, 15) is 14.4 Å². The highest BCUT2D eigenvalue weighted by molar-refractivity contribution is 6.01. The van der Waals surface area contributed by atoms with Gasteiger partial charge in [0.25, 0.3) is 0 Å². The molecule has 6 heteroatoms. The smallest absolute Gasteiger partial charge is 0.244 e. The zero-order chi connectivity index (χ0) is 22.5. The van der Waals surface area contributed by atoms with Gasteiger partial charge in [0.2, 0.25) is 5.91 Å². The Hall–Kier alpha value is -4.24. The molecule has 0 spiro atoms. The summed E-state index contributed by atoms with van der Waals surface area (Å²) >= 11 is 0. The van der Waals surface area contributed by atoms with E-state index in [1.165, 1.54) is 12.1 Å². The van der Waals surface area contributed by atoms with Crippen molar-refractivity contribution in [2.45, 2.75) is 19.9 Å². The fourth-order valence-corrected chi connectivity index (χ4v) is 3.76. The molecule has 0 aliphatic rings. The van der Waals surface area contributed by atoms with E-state index in [4.69, 9.17) is 0 Å². The molecule has 0 atom stereocenters. The van der Waals surface area contributed by atoms with E-state index in [2.05, 4.69) is 21.2 Å². The minimum Gasteiger partial charge on any atom is -0.340 e. The van der Waals surface area contributed by atoms with Crippen molar-refractivity contribution >= 4 is 23.0 Å². The van der Waals surface area contributed by atoms with Crippen LogP contribution < -0.4 is 5.43 Å². The van der Waals surface area contributed by atoms with Crippen molar-refractivity contribution in [1.29, 1.82) is 5.26 Å². The van der Waals surface area contributed by atoms with Gasteiger partial charge in [-0.2, -0.15) is 10.4 Å². The molecule has 1 amide bonds. The van der Waals surface area contributed by atoms with E-state index in [1.807, 2.05) is 55.5 Å². The van der Waals surface area contributed by atoms with Gasteiger partial charge in [-0.05, 0) is 42.3 Å². The number of fused-ring (bicyclic) bond motifs is 1. The van der Waals surface area contributed by atoms with Crippen molar-refractivity contribution in [2.24, 2.45) is 5.10 Å². The molecule has 32 heavy (non-hydrogen) atoms. The largest absolute Gasteiger partial charge is 0.340 e. The number of para-hydroxylation sites is 1. The van der Waals surface area contributed by atoms with Crippen molar-refractivity contribution in [2.75, 3.05) is 0 Å². The van der Waals surface area contributed by atoms with Gasteiger partial charge in [-0.25, -0.2) is 9.82 Å². The van der Waals surface area contributed by atoms with Gasteiger partial charge in [-0.15, -0.1) is 0 Å². The molecule has 158 valence electrons. The molecule has 4 rings (SSSR count). The molecule has 0 saturated carbocycles. The molecular formula is C26H21FN4O. The number of benzene rings is 3. The Kier molecular flexibility index (Phi) is 6.09. The highest BCUT2D eigenvalue weighted by Gasteiger charge is 2.14. The maximum Gasteiger partial charge on any atom is 0.244 e. The molecule has 4 aromatic rings. The van der Waals surface area contributed by atoms with Gasteiger partial charge in [0.05, 0.1) is 24.3 Å². The Morgan fingerprint density at radius 1 is 1.09 bits per heavy atom. The third kappa shape index (κ3) is 4.42. The number of nitrogens with one attached hydrogen (secondary N) is 1. The monoisotopic (exact) mass is 424 g/mol. The quantitative estimate of drug-likeness (QED) is 0.360. The van der Waals surface area contributed by atoms with Crippen LogP contribution in [0.3, 0.4) is 0 Å². The minimum absolute atomic E-state index is 0.114. The normalized spacial score (nSPS) is 11.0. The Morgan fingerprint density at radius 2 is 1.81 bits per heavy atom. The Balaban J connectivity index is 1.58. The highest BCUT2D eigenvalue weighted by Crippen LogP contribution is 2.26. The number of hydrogen-bond acceptors (Lipinski definition) is 3. The fourth-order valence-electron chi connectivity index (χ4n) is 3.76. The van der Waals surface area contributed by atoms with Crippen molar-refractivity contribution in [1.82, 2.24) is 9.99 Å². The van der Waals surface area contributed by atoms with Crippen LogP contribution in [-0.4, -0.2) is 16.7 Å². The number of nitrogens with zero attached hydrogens (tertiary/aromatic N) is 3. The molecule has 0 aliphatic carbocycles. The van der Waals surface area contributed by atoms with E-state index in [-0.39, 0.29) is 18.1 Å². The van der Waals surface area contributed by atoms with Gasteiger partial charge in [-0.1, -0.05) is 48.5 Å². The zero-order valence-electron chi connectivity index (χ0n) is 17.5. The predicted molar refractivity (Wildman–Crippen MR) is 123 cm³/mol. The van der Waals surface area contributed by atoms with Crippen molar-refractivity contribution in [3.63, 3.8) is 0 Å². The Labute approximate surface area is 185 Å². The molecule has 0 bridgehead atoms. The average molecular weight is 424 g/mol. The van der Waals surface area contributed by atoms with Crippen LogP contribution >= 0.6 is 0 Å². The summed E-state index contributed by atoms with van der Waals surface area (Å²) in [5.74, 6) is -0.617. The van der Waals surface area contributed by atoms with Gasteiger partial charge in [0.15, 0.2) is 0 Å². The van der Waals surface area contributed by atoms with E-state index in [0.717, 1.165) is 27.7 Å². The number of halogens is 1. The zero-order valence-corrected chi connectivity index (χ0v) is 17.5. The van der Waals surface area contributed by atoms with Crippen LogP contribution in [-0.2, 0) is 17.8 Å². The second kappa shape index (κ2) is 9.27. The first-order chi connectivity index (χ1) is 15.6.